The molecule has 1 N–H and O–H groups in total. The minimum Gasteiger partial charge on any atom is -0.343 e. The van der Waals surface area contributed by atoms with E-state index in [1.54, 1.807) is 0 Å². The molecule has 0 heterocycles. The second kappa shape index (κ2) is 7.66. The van der Waals surface area contributed by atoms with Crippen LogP contribution < -0.4 is 5.32 Å². The highest BCUT2D eigenvalue weighted by Crippen LogP contribution is 2.01. The van der Waals surface area contributed by atoms with Gasteiger partial charge in [0.15, 0.2) is 0 Å². The zero-order valence-corrected chi connectivity index (χ0v) is 11.6. The Bertz CT molecular complexity index is 197. The molecular weight excluding hydrogens is 200 g/mol. The summed E-state index contributed by atoms with van der Waals surface area (Å²) in [4.78, 5) is 13.8. The van der Waals surface area contributed by atoms with Gasteiger partial charge in [0.1, 0.15) is 0 Å². The first-order chi connectivity index (χ1) is 7.40. The molecule has 0 unspecified atom stereocenters. The second-order valence-electron chi connectivity index (χ2n) is 5.25. The number of nitrogens with one attached hydrogen (secondary N) is 1. The maximum Gasteiger partial charge on any atom is 0.223 e. The molecule has 0 fully saturated rings. The molecule has 0 aliphatic heterocycles. The van der Waals surface area contributed by atoms with E-state index >= 15 is 0 Å². The van der Waals surface area contributed by atoms with Gasteiger partial charge in [-0.05, 0) is 34.1 Å². The summed E-state index contributed by atoms with van der Waals surface area (Å²) >= 11 is 0. The van der Waals surface area contributed by atoms with Crippen LogP contribution in [0.3, 0.4) is 0 Å². The van der Waals surface area contributed by atoms with Gasteiger partial charge >= 0.3 is 0 Å². The van der Waals surface area contributed by atoms with Crippen molar-refractivity contribution in [3.05, 3.63) is 0 Å². The highest BCUT2D eigenvalue weighted by atomic mass is 16.2. The summed E-state index contributed by atoms with van der Waals surface area (Å²) in [5.41, 5.74) is 0.0980. The molecule has 0 aliphatic rings. The summed E-state index contributed by atoms with van der Waals surface area (Å²) in [6, 6.07) is 0. The van der Waals surface area contributed by atoms with Gasteiger partial charge in [-0.15, -0.1) is 0 Å². The van der Waals surface area contributed by atoms with E-state index in [-0.39, 0.29) is 11.4 Å². The summed E-state index contributed by atoms with van der Waals surface area (Å²) in [6.07, 6.45) is 2.85. The fourth-order valence-electron chi connectivity index (χ4n) is 1.51. The normalized spacial score (nSPS) is 11.6. The Morgan fingerprint density at radius 2 is 1.88 bits per heavy atom. The number of unbranched alkanes of at least 4 members (excludes halogenated alkanes) is 1. The first-order valence-corrected chi connectivity index (χ1v) is 6.43. The fraction of sp³-hybridized carbons (Fsp3) is 0.923. The van der Waals surface area contributed by atoms with E-state index in [1.165, 1.54) is 0 Å². The molecule has 16 heavy (non-hydrogen) atoms. The predicted octanol–water partition coefficient (Wildman–Crippen LogP) is 2.41. The summed E-state index contributed by atoms with van der Waals surface area (Å²) < 4.78 is 0. The van der Waals surface area contributed by atoms with Crippen LogP contribution in [-0.4, -0.2) is 36.0 Å². The Morgan fingerprint density at radius 3 is 2.31 bits per heavy atom. The number of hydrogen-bond donors (Lipinski definition) is 1. The third kappa shape index (κ3) is 7.69. The molecule has 0 aromatic heterocycles. The van der Waals surface area contributed by atoms with Crippen LogP contribution in [0.4, 0.5) is 0 Å². The third-order valence-corrected chi connectivity index (χ3v) is 2.51. The second-order valence-corrected chi connectivity index (χ2v) is 5.25. The van der Waals surface area contributed by atoms with Crippen molar-refractivity contribution in [1.82, 2.24) is 10.2 Å². The van der Waals surface area contributed by atoms with E-state index in [0.717, 1.165) is 32.5 Å². The Labute approximate surface area is 101 Å². The minimum absolute atomic E-state index is 0.0980. The largest absolute Gasteiger partial charge is 0.343 e. The highest BCUT2D eigenvalue weighted by molar-refractivity contribution is 5.76. The molecule has 0 aliphatic carbocycles. The average Bonchev–Trinajstić information content (AvgIpc) is 2.17. The van der Waals surface area contributed by atoms with Crippen LogP contribution in [0.5, 0.6) is 0 Å². The van der Waals surface area contributed by atoms with Crippen LogP contribution in [0.2, 0.25) is 0 Å². The third-order valence-electron chi connectivity index (χ3n) is 2.51. The van der Waals surface area contributed by atoms with E-state index in [4.69, 9.17) is 0 Å². The molecule has 0 atom stereocenters. The molecule has 0 radical (unpaired) electrons. The monoisotopic (exact) mass is 228 g/mol. The molecule has 0 bridgehead atoms. The van der Waals surface area contributed by atoms with Gasteiger partial charge in [0, 0.05) is 31.6 Å². The Hall–Kier alpha value is -0.570. The Morgan fingerprint density at radius 1 is 1.25 bits per heavy atom. The number of amides is 1. The van der Waals surface area contributed by atoms with Crippen molar-refractivity contribution in [2.45, 2.75) is 59.4 Å². The molecule has 96 valence electrons. The van der Waals surface area contributed by atoms with Crippen LogP contribution >= 0.6 is 0 Å². The molecule has 3 nitrogen and oxygen atoms in total. The van der Waals surface area contributed by atoms with Gasteiger partial charge in [0.05, 0.1) is 0 Å². The summed E-state index contributed by atoms with van der Waals surface area (Å²) in [5, 5.41) is 3.34. The number of carbonyl (C=O) groups excluding carboxylic acids is 1. The van der Waals surface area contributed by atoms with Crippen LogP contribution in [0.25, 0.3) is 0 Å². The van der Waals surface area contributed by atoms with Gasteiger partial charge in [-0.2, -0.15) is 0 Å². The lowest BCUT2D eigenvalue weighted by atomic mass is 10.1. The minimum atomic E-state index is 0.0980. The number of rotatable bonds is 7. The van der Waals surface area contributed by atoms with E-state index in [0.29, 0.717) is 6.42 Å². The molecule has 0 saturated heterocycles. The molecule has 1 amide bonds. The van der Waals surface area contributed by atoms with E-state index in [2.05, 4.69) is 33.0 Å². The molecule has 3 heteroatoms. The van der Waals surface area contributed by atoms with Gasteiger partial charge in [0.2, 0.25) is 5.91 Å². The van der Waals surface area contributed by atoms with Gasteiger partial charge in [-0.1, -0.05) is 13.3 Å². The number of nitrogens with zero attached hydrogens (tertiary/aromatic N) is 1. The van der Waals surface area contributed by atoms with Crippen molar-refractivity contribution in [1.29, 1.82) is 0 Å². The van der Waals surface area contributed by atoms with Crippen molar-refractivity contribution < 1.29 is 4.79 Å². The zero-order valence-electron chi connectivity index (χ0n) is 11.6. The van der Waals surface area contributed by atoms with Gasteiger partial charge in [0.25, 0.3) is 0 Å². The van der Waals surface area contributed by atoms with E-state index in [9.17, 15) is 4.79 Å². The average molecular weight is 228 g/mol. The van der Waals surface area contributed by atoms with Crippen molar-refractivity contribution >= 4 is 5.91 Å². The lowest BCUT2D eigenvalue weighted by Gasteiger charge is -2.23. The van der Waals surface area contributed by atoms with Gasteiger partial charge in [-0.3, -0.25) is 4.79 Å². The molecule has 0 rings (SSSR count). The smallest absolute Gasteiger partial charge is 0.223 e. The molecule has 0 aromatic carbocycles. The van der Waals surface area contributed by atoms with Gasteiger partial charge < -0.3 is 10.2 Å². The van der Waals surface area contributed by atoms with Gasteiger partial charge in [-0.25, -0.2) is 0 Å². The Balaban J connectivity index is 3.84. The maximum atomic E-state index is 11.9. The lowest BCUT2D eigenvalue weighted by Crippen LogP contribution is -2.39. The molecule has 0 aromatic rings. The first-order valence-electron chi connectivity index (χ1n) is 6.43. The van der Waals surface area contributed by atoms with Crippen LogP contribution in [-0.2, 0) is 4.79 Å². The zero-order chi connectivity index (χ0) is 12.6. The molecular formula is C13H28N2O. The fourth-order valence-corrected chi connectivity index (χ4v) is 1.51. The van der Waals surface area contributed by atoms with Crippen molar-refractivity contribution in [3.8, 4) is 0 Å². The summed E-state index contributed by atoms with van der Waals surface area (Å²) in [5.74, 6) is 0.271. The summed E-state index contributed by atoms with van der Waals surface area (Å²) in [6.45, 7) is 13.1. The van der Waals surface area contributed by atoms with E-state index < -0.39 is 0 Å². The molecule has 0 spiro atoms. The van der Waals surface area contributed by atoms with Crippen LogP contribution in [0.1, 0.15) is 53.9 Å². The SMILES string of the molecule is CCCCN(CC)C(=O)CCNC(C)(C)C. The molecule has 0 saturated carbocycles. The van der Waals surface area contributed by atoms with Crippen molar-refractivity contribution in [2.24, 2.45) is 0 Å². The van der Waals surface area contributed by atoms with Crippen LogP contribution in [0, 0.1) is 0 Å². The highest BCUT2D eigenvalue weighted by Gasteiger charge is 2.13. The standard InChI is InChI=1S/C13H28N2O/c1-6-8-11-15(7-2)12(16)9-10-14-13(3,4)5/h14H,6-11H2,1-5H3. The quantitative estimate of drug-likeness (QED) is 0.726. The summed E-state index contributed by atoms with van der Waals surface area (Å²) in [7, 11) is 0. The van der Waals surface area contributed by atoms with Crippen LogP contribution in [0.15, 0.2) is 0 Å². The predicted molar refractivity (Wildman–Crippen MR) is 69.5 cm³/mol. The van der Waals surface area contributed by atoms with Crippen molar-refractivity contribution in [3.63, 3.8) is 0 Å². The van der Waals surface area contributed by atoms with E-state index in [1.807, 2.05) is 11.8 Å². The first kappa shape index (κ1) is 15.4. The topological polar surface area (TPSA) is 32.3 Å². The lowest BCUT2D eigenvalue weighted by molar-refractivity contribution is -0.131. The maximum absolute atomic E-state index is 11.9. The number of hydrogen-bond acceptors (Lipinski definition) is 2. The van der Waals surface area contributed by atoms with Crippen molar-refractivity contribution in [2.75, 3.05) is 19.6 Å². The Kier molecular flexibility index (Phi) is 7.39. The number of carbonyl (C=O) groups is 1.